The number of aliphatic imine (C=N–C) groups is 1. The number of hydrogen-bond acceptors (Lipinski definition) is 5. The maximum Gasteiger partial charge on any atom is 0.203 e. The fourth-order valence-corrected chi connectivity index (χ4v) is 5.22. The molecule has 1 aromatic heterocycles. The van der Waals surface area contributed by atoms with Crippen molar-refractivity contribution in [2.24, 2.45) is 15.1 Å². The highest BCUT2D eigenvalue weighted by atomic mass is 32.2. The van der Waals surface area contributed by atoms with Crippen molar-refractivity contribution in [3.63, 3.8) is 0 Å². The first-order valence-electron chi connectivity index (χ1n) is 8.81. The maximum atomic E-state index is 14.6. The van der Waals surface area contributed by atoms with Crippen molar-refractivity contribution in [2.45, 2.75) is 18.6 Å². The number of rotatable bonds is 3. The summed E-state index contributed by atoms with van der Waals surface area (Å²) in [5.74, 6) is -0.436. The summed E-state index contributed by atoms with van der Waals surface area (Å²) < 4.78 is 34.0. The number of hydrogen-bond donors (Lipinski definition) is 1. The smallest absolute Gasteiger partial charge is 0.203 e. The van der Waals surface area contributed by atoms with Crippen molar-refractivity contribution in [1.29, 1.82) is 5.26 Å². The van der Waals surface area contributed by atoms with Crippen LogP contribution in [0, 0.1) is 17.1 Å². The highest BCUT2D eigenvalue weighted by Gasteiger charge is 2.25. The monoisotopic (exact) mass is 400 g/mol. The Morgan fingerprint density at radius 1 is 1.36 bits per heavy atom. The maximum absolute atomic E-state index is 14.6. The number of nitrogens with two attached hydrogens (primary N) is 1. The molecule has 7 nitrogen and oxygen atoms in total. The van der Waals surface area contributed by atoms with Crippen LogP contribution in [-0.2, 0) is 15.7 Å². The number of guanidine groups is 1. The lowest BCUT2D eigenvalue weighted by atomic mass is 10.0. The van der Waals surface area contributed by atoms with Crippen LogP contribution in [0.25, 0.3) is 11.1 Å². The van der Waals surface area contributed by atoms with E-state index >= 15 is 0 Å². The summed E-state index contributed by atoms with van der Waals surface area (Å²) in [5, 5.41) is 9.06. The predicted octanol–water partition coefficient (Wildman–Crippen LogP) is 2.68. The molecule has 0 fully saturated rings. The lowest BCUT2D eigenvalue weighted by Crippen LogP contribution is -2.42. The molecule has 0 saturated carbocycles. The van der Waals surface area contributed by atoms with Gasteiger partial charge < -0.3 is 5.73 Å². The fraction of sp³-hybridized carbons (Fsp3) is 0.316. The van der Waals surface area contributed by atoms with Crippen LogP contribution in [0.4, 0.5) is 4.39 Å². The summed E-state index contributed by atoms with van der Waals surface area (Å²) in [6.07, 6.45) is 4.63. The first kappa shape index (κ1) is 19.8. The zero-order valence-electron chi connectivity index (χ0n) is 15.5. The number of nitriles is 1. The van der Waals surface area contributed by atoms with Crippen LogP contribution < -0.4 is 5.73 Å². The Hall–Kier alpha value is -2.99. The van der Waals surface area contributed by atoms with Gasteiger partial charge >= 0.3 is 0 Å². The minimum Gasteiger partial charge on any atom is -0.369 e. The summed E-state index contributed by atoms with van der Waals surface area (Å²) in [5.41, 5.74) is 7.98. The standard InChI is InChI=1S/C19H21FN6OS/c1-23-19(22)26-7-3-2-6-25-28(26,27)13-17-9-15(4-5-18(17)20)16-8-14(10-21)11-24-12-16/h4-5,8-9,11-12H,2-3,6-7,13H2,1H3,(H2,22,23). The second-order valence-electron chi connectivity index (χ2n) is 6.38. The molecule has 0 spiro atoms. The number of halogens is 1. The minimum atomic E-state index is -2.97. The molecule has 1 atom stereocenters. The van der Waals surface area contributed by atoms with Gasteiger partial charge in [-0.2, -0.15) is 5.26 Å². The molecule has 1 unspecified atom stereocenters. The van der Waals surface area contributed by atoms with Gasteiger partial charge in [0.05, 0.1) is 17.9 Å². The second kappa shape index (κ2) is 8.35. The Kier molecular flexibility index (Phi) is 5.90. The predicted molar refractivity (Wildman–Crippen MR) is 107 cm³/mol. The Labute approximate surface area is 164 Å². The third kappa shape index (κ3) is 4.12. The first-order chi connectivity index (χ1) is 13.5. The highest BCUT2D eigenvalue weighted by molar-refractivity contribution is 7.91. The topological polar surface area (TPSA) is 108 Å². The molecule has 2 N–H and O–H groups in total. The molecular formula is C19H21FN6OS. The van der Waals surface area contributed by atoms with Gasteiger partial charge in [0, 0.05) is 37.1 Å². The molecular weight excluding hydrogens is 379 g/mol. The van der Waals surface area contributed by atoms with E-state index in [0.29, 0.717) is 29.8 Å². The second-order valence-corrected chi connectivity index (χ2v) is 8.58. The van der Waals surface area contributed by atoms with E-state index in [1.165, 1.54) is 23.6 Å². The molecule has 2 aromatic rings. The van der Waals surface area contributed by atoms with Crippen LogP contribution in [0.15, 0.2) is 46.0 Å². The van der Waals surface area contributed by atoms with Gasteiger partial charge in [-0.15, -0.1) is 0 Å². The number of nitrogens with zero attached hydrogens (tertiary/aromatic N) is 5. The normalized spacial score (nSPS) is 20.2. The van der Waals surface area contributed by atoms with E-state index in [2.05, 4.69) is 14.3 Å². The Morgan fingerprint density at radius 3 is 2.93 bits per heavy atom. The quantitative estimate of drug-likeness (QED) is 0.631. The Morgan fingerprint density at radius 2 is 2.18 bits per heavy atom. The first-order valence-corrected chi connectivity index (χ1v) is 10.5. The molecule has 0 amide bonds. The molecule has 28 heavy (non-hydrogen) atoms. The third-order valence-electron chi connectivity index (χ3n) is 4.48. The van der Waals surface area contributed by atoms with E-state index in [4.69, 9.17) is 11.0 Å². The van der Waals surface area contributed by atoms with E-state index in [9.17, 15) is 8.60 Å². The van der Waals surface area contributed by atoms with Gasteiger partial charge in [-0.1, -0.05) is 6.07 Å². The van der Waals surface area contributed by atoms with Gasteiger partial charge in [0.15, 0.2) is 0 Å². The van der Waals surface area contributed by atoms with Crippen LogP contribution in [0.5, 0.6) is 0 Å². The van der Waals surface area contributed by atoms with Gasteiger partial charge in [0.2, 0.25) is 5.96 Å². The van der Waals surface area contributed by atoms with Gasteiger partial charge in [-0.05, 0) is 36.6 Å². The summed E-state index contributed by atoms with van der Waals surface area (Å²) in [4.78, 5) is 7.99. The largest absolute Gasteiger partial charge is 0.369 e. The van der Waals surface area contributed by atoms with Crippen molar-refractivity contribution < 1.29 is 8.60 Å². The molecule has 2 heterocycles. The van der Waals surface area contributed by atoms with Crippen LogP contribution in [0.2, 0.25) is 0 Å². The molecule has 0 bridgehead atoms. The summed E-state index contributed by atoms with van der Waals surface area (Å²) >= 11 is 0. The zero-order chi connectivity index (χ0) is 20.1. The summed E-state index contributed by atoms with van der Waals surface area (Å²) in [6, 6.07) is 8.26. The van der Waals surface area contributed by atoms with Gasteiger partial charge in [0.1, 0.15) is 21.8 Å². The molecule has 1 aliphatic rings. The molecule has 0 saturated heterocycles. The Bertz CT molecular complexity index is 1070. The van der Waals surface area contributed by atoms with Gasteiger partial charge in [0.25, 0.3) is 0 Å². The molecule has 9 heteroatoms. The SMILES string of the molecule is CN=C(N)N1CCCCN=S1(=O)Cc1cc(-c2cncc(C#N)c2)ccc1F. The summed E-state index contributed by atoms with van der Waals surface area (Å²) in [6.45, 7) is 0.892. The Balaban J connectivity index is 2.02. The van der Waals surface area contributed by atoms with Gasteiger partial charge in [-0.25, -0.2) is 13.0 Å². The van der Waals surface area contributed by atoms with Crippen LogP contribution >= 0.6 is 0 Å². The third-order valence-corrected chi connectivity index (χ3v) is 6.81. The molecule has 1 aromatic carbocycles. The summed E-state index contributed by atoms with van der Waals surface area (Å²) in [7, 11) is -1.45. The lowest BCUT2D eigenvalue weighted by molar-refractivity contribution is 0.565. The zero-order valence-corrected chi connectivity index (χ0v) is 16.3. The van der Waals surface area contributed by atoms with Crippen LogP contribution in [-0.4, -0.2) is 39.6 Å². The van der Waals surface area contributed by atoms with E-state index < -0.39 is 15.7 Å². The molecule has 3 rings (SSSR count). The molecule has 146 valence electrons. The number of benzene rings is 1. The van der Waals surface area contributed by atoms with E-state index in [1.54, 1.807) is 24.4 Å². The lowest BCUT2D eigenvalue weighted by Gasteiger charge is -2.25. The van der Waals surface area contributed by atoms with Crippen molar-refractivity contribution >= 4 is 15.9 Å². The average molecular weight is 400 g/mol. The van der Waals surface area contributed by atoms with Crippen molar-refractivity contribution in [3.8, 4) is 17.2 Å². The average Bonchev–Trinajstić information content (AvgIpc) is 2.90. The molecule has 1 aliphatic heterocycles. The van der Waals surface area contributed by atoms with Crippen molar-refractivity contribution in [3.05, 3.63) is 53.6 Å². The molecule has 0 radical (unpaired) electrons. The van der Waals surface area contributed by atoms with Crippen LogP contribution in [0.1, 0.15) is 24.0 Å². The fourth-order valence-electron chi connectivity index (χ4n) is 3.01. The van der Waals surface area contributed by atoms with E-state index in [-0.39, 0.29) is 17.3 Å². The van der Waals surface area contributed by atoms with Gasteiger partial charge in [-0.3, -0.25) is 14.3 Å². The molecule has 0 aliphatic carbocycles. The van der Waals surface area contributed by atoms with Crippen molar-refractivity contribution in [1.82, 2.24) is 9.29 Å². The van der Waals surface area contributed by atoms with E-state index in [0.717, 1.165) is 12.8 Å². The van der Waals surface area contributed by atoms with Crippen LogP contribution in [0.3, 0.4) is 0 Å². The van der Waals surface area contributed by atoms with Crippen molar-refractivity contribution in [2.75, 3.05) is 20.1 Å². The minimum absolute atomic E-state index is 0.103. The van der Waals surface area contributed by atoms with E-state index in [1.807, 2.05) is 6.07 Å². The number of pyridine rings is 1. The highest BCUT2D eigenvalue weighted by Crippen LogP contribution is 2.26. The number of aromatic nitrogens is 1.